The van der Waals surface area contributed by atoms with Crippen LogP contribution in [0.4, 0.5) is 0 Å². The van der Waals surface area contributed by atoms with E-state index < -0.39 is 0 Å². The van der Waals surface area contributed by atoms with Crippen molar-refractivity contribution in [1.29, 1.82) is 0 Å². The predicted molar refractivity (Wildman–Crippen MR) is 28.8 cm³/mol. The normalized spacial score (nSPS) is 29.3. The first-order valence-electron chi connectivity index (χ1n) is 2.36. The molecule has 3 N–H and O–H groups in total. The molecule has 1 atom stereocenters. The number of nitrogens with one attached hydrogen (secondary N) is 1. The summed E-state index contributed by atoms with van der Waals surface area (Å²) in [6, 6.07) is 0.444. The van der Waals surface area contributed by atoms with Gasteiger partial charge in [-0.1, -0.05) is 0 Å². The zero-order valence-corrected chi connectivity index (χ0v) is 4.31. The number of nitrogens with zero attached hydrogens (tertiary/aromatic N) is 1. The van der Waals surface area contributed by atoms with Gasteiger partial charge in [-0.15, -0.1) is 0 Å². The average molecular weight is 99.1 g/mol. The van der Waals surface area contributed by atoms with Crippen LogP contribution < -0.4 is 11.2 Å². The van der Waals surface area contributed by atoms with E-state index in [1.54, 1.807) is 0 Å². The third-order valence-electron chi connectivity index (χ3n) is 0.944. The van der Waals surface area contributed by atoms with Crippen LogP contribution in [0.3, 0.4) is 0 Å². The fraction of sp³-hybridized carbons (Fsp3) is 0.750. The van der Waals surface area contributed by atoms with E-state index in [0.717, 1.165) is 6.42 Å². The summed E-state index contributed by atoms with van der Waals surface area (Å²) in [6.07, 6.45) is 0.889. The highest BCUT2D eigenvalue weighted by Gasteiger charge is 2.08. The molecular weight excluding hydrogens is 90.1 g/mol. The second-order valence-electron chi connectivity index (χ2n) is 1.84. The first-order chi connectivity index (χ1) is 3.29. The second kappa shape index (κ2) is 1.40. The summed E-state index contributed by atoms with van der Waals surface area (Å²) >= 11 is 0. The molecule has 0 aromatic carbocycles. The Balaban J connectivity index is 2.42. The van der Waals surface area contributed by atoms with E-state index in [9.17, 15) is 0 Å². The Morgan fingerprint density at radius 1 is 2.00 bits per heavy atom. The van der Waals surface area contributed by atoms with E-state index in [1.807, 2.05) is 6.92 Å². The minimum absolute atomic E-state index is 0.444. The molecule has 1 aliphatic heterocycles. The van der Waals surface area contributed by atoms with Gasteiger partial charge in [0.1, 0.15) is 5.84 Å². The molecule has 1 aliphatic rings. The monoisotopic (exact) mass is 99.1 g/mol. The summed E-state index contributed by atoms with van der Waals surface area (Å²) in [5.41, 5.74) is 8.14. The Kier molecular flexibility index (Phi) is 0.889. The predicted octanol–water partition coefficient (Wildman–Crippen LogP) is -0.360. The molecule has 3 heteroatoms. The average Bonchev–Trinajstić information content (AvgIpc) is 1.87. The van der Waals surface area contributed by atoms with Crippen LogP contribution in [-0.2, 0) is 0 Å². The molecular formula is C4H9N3. The fourth-order valence-electron chi connectivity index (χ4n) is 0.598. The van der Waals surface area contributed by atoms with Gasteiger partial charge in [0, 0.05) is 12.5 Å². The summed E-state index contributed by atoms with van der Waals surface area (Å²) in [7, 11) is 0. The van der Waals surface area contributed by atoms with Crippen molar-refractivity contribution in [2.45, 2.75) is 19.4 Å². The standard InChI is InChI=1S/C4H9N3/c1-3-2-4(5)7-6-3/h3,6H,2H2,1H3,(H2,5,7). The molecule has 3 nitrogen and oxygen atoms in total. The SMILES string of the molecule is CC1CC(N)=NN1. The maximum absolute atomic E-state index is 5.31. The first kappa shape index (κ1) is 4.43. The zero-order valence-electron chi connectivity index (χ0n) is 4.31. The largest absolute Gasteiger partial charge is 0.386 e. The van der Waals surface area contributed by atoms with Crippen molar-refractivity contribution in [2.75, 3.05) is 0 Å². The van der Waals surface area contributed by atoms with Crippen LogP contribution in [0.1, 0.15) is 13.3 Å². The van der Waals surface area contributed by atoms with Crippen LogP contribution in [-0.4, -0.2) is 11.9 Å². The number of rotatable bonds is 0. The first-order valence-corrected chi connectivity index (χ1v) is 2.36. The van der Waals surface area contributed by atoms with Crippen molar-refractivity contribution in [3.63, 3.8) is 0 Å². The lowest BCUT2D eigenvalue weighted by Gasteiger charge is -1.95. The number of hydrogen-bond acceptors (Lipinski definition) is 3. The Bertz CT molecular complexity index is 97.1. The number of hydrogen-bond donors (Lipinski definition) is 2. The quantitative estimate of drug-likeness (QED) is 0.435. The smallest absolute Gasteiger partial charge is 0.121 e. The minimum atomic E-state index is 0.444. The number of hydrazone groups is 1. The Hall–Kier alpha value is -0.730. The molecule has 1 unspecified atom stereocenters. The van der Waals surface area contributed by atoms with E-state index >= 15 is 0 Å². The molecule has 0 radical (unpaired) electrons. The van der Waals surface area contributed by atoms with Crippen molar-refractivity contribution >= 4 is 5.84 Å². The van der Waals surface area contributed by atoms with Gasteiger partial charge in [0.2, 0.25) is 0 Å². The van der Waals surface area contributed by atoms with E-state index in [2.05, 4.69) is 10.5 Å². The highest BCUT2D eigenvalue weighted by Crippen LogP contribution is 1.95. The highest BCUT2D eigenvalue weighted by molar-refractivity contribution is 5.81. The third kappa shape index (κ3) is 0.824. The van der Waals surface area contributed by atoms with Crippen LogP contribution in [0, 0.1) is 0 Å². The molecule has 1 heterocycles. The third-order valence-corrected chi connectivity index (χ3v) is 0.944. The van der Waals surface area contributed by atoms with Crippen molar-refractivity contribution < 1.29 is 0 Å². The van der Waals surface area contributed by atoms with Crippen LogP contribution in [0.25, 0.3) is 0 Å². The van der Waals surface area contributed by atoms with E-state index in [0.29, 0.717) is 11.9 Å². The van der Waals surface area contributed by atoms with Crippen molar-refractivity contribution in [2.24, 2.45) is 10.8 Å². The fourth-order valence-corrected chi connectivity index (χ4v) is 0.598. The molecule has 40 valence electrons. The Morgan fingerprint density at radius 3 is 2.86 bits per heavy atom. The highest BCUT2D eigenvalue weighted by atomic mass is 15.3. The number of nitrogens with two attached hydrogens (primary N) is 1. The van der Waals surface area contributed by atoms with Crippen molar-refractivity contribution in [3.8, 4) is 0 Å². The molecule has 0 fully saturated rings. The van der Waals surface area contributed by atoms with Gasteiger partial charge < -0.3 is 11.2 Å². The van der Waals surface area contributed by atoms with Crippen LogP contribution in [0.15, 0.2) is 5.10 Å². The molecule has 7 heavy (non-hydrogen) atoms. The summed E-state index contributed by atoms with van der Waals surface area (Å²) in [5.74, 6) is 0.715. The van der Waals surface area contributed by atoms with E-state index in [-0.39, 0.29) is 0 Å². The van der Waals surface area contributed by atoms with Crippen LogP contribution in [0.2, 0.25) is 0 Å². The lowest BCUT2D eigenvalue weighted by atomic mass is 10.3. The maximum atomic E-state index is 5.31. The van der Waals surface area contributed by atoms with Crippen molar-refractivity contribution in [1.82, 2.24) is 5.43 Å². The van der Waals surface area contributed by atoms with Gasteiger partial charge >= 0.3 is 0 Å². The molecule has 0 bridgehead atoms. The molecule has 0 amide bonds. The zero-order chi connectivity index (χ0) is 5.28. The van der Waals surface area contributed by atoms with E-state index in [4.69, 9.17) is 5.73 Å². The molecule has 0 spiro atoms. The lowest BCUT2D eigenvalue weighted by molar-refractivity contribution is 0.636. The van der Waals surface area contributed by atoms with Gasteiger partial charge in [-0.3, -0.25) is 0 Å². The van der Waals surface area contributed by atoms with Gasteiger partial charge in [0.25, 0.3) is 0 Å². The number of amidine groups is 1. The molecule has 0 saturated carbocycles. The second-order valence-corrected chi connectivity index (χ2v) is 1.84. The Morgan fingerprint density at radius 2 is 2.71 bits per heavy atom. The van der Waals surface area contributed by atoms with Gasteiger partial charge in [0.05, 0.1) is 0 Å². The summed E-state index contributed by atoms with van der Waals surface area (Å²) in [6.45, 7) is 2.04. The van der Waals surface area contributed by atoms with Gasteiger partial charge in [-0.2, -0.15) is 5.10 Å². The van der Waals surface area contributed by atoms with Crippen LogP contribution in [0.5, 0.6) is 0 Å². The topological polar surface area (TPSA) is 50.4 Å². The van der Waals surface area contributed by atoms with Gasteiger partial charge in [-0.25, -0.2) is 0 Å². The van der Waals surface area contributed by atoms with Gasteiger partial charge in [-0.05, 0) is 6.92 Å². The minimum Gasteiger partial charge on any atom is -0.386 e. The summed E-state index contributed by atoms with van der Waals surface area (Å²) in [4.78, 5) is 0. The summed E-state index contributed by atoms with van der Waals surface area (Å²) in [5, 5.41) is 3.76. The van der Waals surface area contributed by atoms with Crippen LogP contribution >= 0.6 is 0 Å². The molecule has 0 aromatic heterocycles. The maximum Gasteiger partial charge on any atom is 0.121 e. The molecule has 0 aliphatic carbocycles. The molecule has 1 rings (SSSR count). The lowest BCUT2D eigenvalue weighted by Crippen LogP contribution is -2.15. The Labute approximate surface area is 42.6 Å². The molecule has 0 aromatic rings. The molecule has 0 saturated heterocycles. The summed E-state index contributed by atoms with van der Waals surface area (Å²) < 4.78 is 0. The van der Waals surface area contributed by atoms with Gasteiger partial charge in [0.15, 0.2) is 0 Å². The van der Waals surface area contributed by atoms with E-state index in [1.165, 1.54) is 0 Å². The van der Waals surface area contributed by atoms with Crippen molar-refractivity contribution in [3.05, 3.63) is 0 Å².